The summed E-state index contributed by atoms with van der Waals surface area (Å²) < 4.78 is 0. The van der Waals surface area contributed by atoms with Gasteiger partial charge in [0.25, 0.3) is 0 Å². The second kappa shape index (κ2) is 4.03. The number of nitrogens with two attached hydrogens (primary N) is 1. The Labute approximate surface area is 93.8 Å². The normalized spacial score (nSPS) is 33.6. The molecule has 6 nitrogen and oxygen atoms in total. The van der Waals surface area contributed by atoms with Crippen LogP contribution in [0.3, 0.4) is 0 Å². The predicted octanol–water partition coefficient (Wildman–Crippen LogP) is -0.900. The maximum Gasteiger partial charge on any atom is 0.323 e. The number of carbonyl (C=O) groups is 2. The maximum atomic E-state index is 11.6. The standard InChI is InChI=1S/C10H17N3O3/c11-6-8(14)13-5-1-3-10(9(15)16)4-2-7(13)12-10/h7,12H,1-6,11H2,(H,15,16)/t7?,10-/m0/s1. The lowest BCUT2D eigenvalue weighted by Crippen LogP contribution is -2.53. The number of amides is 1. The van der Waals surface area contributed by atoms with Crippen molar-refractivity contribution in [3.8, 4) is 0 Å². The van der Waals surface area contributed by atoms with Crippen molar-refractivity contribution in [3.63, 3.8) is 0 Å². The van der Waals surface area contributed by atoms with E-state index in [2.05, 4.69) is 5.32 Å². The van der Waals surface area contributed by atoms with Gasteiger partial charge in [-0.15, -0.1) is 0 Å². The van der Waals surface area contributed by atoms with Crippen LogP contribution in [-0.4, -0.2) is 46.7 Å². The molecule has 2 atom stereocenters. The molecule has 0 aliphatic carbocycles. The van der Waals surface area contributed by atoms with Gasteiger partial charge in [0.2, 0.25) is 5.91 Å². The first kappa shape index (κ1) is 11.3. The molecule has 6 heteroatoms. The van der Waals surface area contributed by atoms with Crippen LogP contribution >= 0.6 is 0 Å². The minimum Gasteiger partial charge on any atom is -0.480 e. The molecule has 0 aromatic heterocycles. The second-order valence-electron chi connectivity index (χ2n) is 4.48. The fourth-order valence-corrected chi connectivity index (χ4v) is 2.68. The number of nitrogens with zero attached hydrogens (tertiary/aromatic N) is 1. The number of aliphatic carboxylic acids is 1. The number of hydrogen-bond acceptors (Lipinski definition) is 4. The van der Waals surface area contributed by atoms with Crippen LogP contribution in [0.1, 0.15) is 25.7 Å². The van der Waals surface area contributed by atoms with Gasteiger partial charge in [-0.1, -0.05) is 0 Å². The zero-order chi connectivity index (χ0) is 11.8. The average molecular weight is 227 g/mol. The van der Waals surface area contributed by atoms with Gasteiger partial charge in [0.1, 0.15) is 5.54 Å². The molecule has 0 aromatic rings. The molecule has 4 N–H and O–H groups in total. The van der Waals surface area contributed by atoms with Crippen molar-refractivity contribution in [3.05, 3.63) is 0 Å². The molecule has 2 bridgehead atoms. The largest absolute Gasteiger partial charge is 0.480 e. The average Bonchev–Trinajstić information content (AvgIpc) is 2.57. The summed E-state index contributed by atoms with van der Waals surface area (Å²) in [6.07, 6.45) is 2.41. The summed E-state index contributed by atoms with van der Waals surface area (Å²) in [7, 11) is 0. The molecule has 2 rings (SSSR count). The smallest absolute Gasteiger partial charge is 0.323 e. The first-order valence-electron chi connectivity index (χ1n) is 5.60. The third-order valence-electron chi connectivity index (χ3n) is 3.57. The number of carboxylic acid groups (broad SMARTS) is 1. The van der Waals surface area contributed by atoms with E-state index >= 15 is 0 Å². The number of likely N-dealkylation sites (tertiary alicyclic amines) is 1. The van der Waals surface area contributed by atoms with Gasteiger partial charge in [-0.2, -0.15) is 0 Å². The van der Waals surface area contributed by atoms with Gasteiger partial charge < -0.3 is 15.7 Å². The Morgan fingerprint density at radius 1 is 1.50 bits per heavy atom. The fraction of sp³-hybridized carbons (Fsp3) is 0.800. The summed E-state index contributed by atoms with van der Waals surface area (Å²) in [4.78, 5) is 24.5. The molecule has 0 radical (unpaired) electrons. The van der Waals surface area contributed by atoms with Crippen LogP contribution in [0.2, 0.25) is 0 Å². The van der Waals surface area contributed by atoms with Gasteiger partial charge in [-0.3, -0.25) is 14.9 Å². The van der Waals surface area contributed by atoms with E-state index in [1.165, 1.54) is 0 Å². The molecule has 1 amide bonds. The Morgan fingerprint density at radius 2 is 2.25 bits per heavy atom. The highest BCUT2D eigenvalue weighted by atomic mass is 16.4. The van der Waals surface area contributed by atoms with Crippen molar-refractivity contribution in [2.45, 2.75) is 37.4 Å². The molecule has 2 aliphatic rings. The number of fused-ring (bicyclic) bond motifs is 2. The summed E-state index contributed by atoms with van der Waals surface area (Å²) in [5, 5.41) is 12.3. The van der Waals surface area contributed by atoms with E-state index in [0.29, 0.717) is 32.2 Å². The van der Waals surface area contributed by atoms with Crippen LogP contribution in [0.15, 0.2) is 0 Å². The van der Waals surface area contributed by atoms with E-state index < -0.39 is 11.5 Å². The first-order valence-corrected chi connectivity index (χ1v) is 5.60. The third-order valence-corrected chi connectivity index (χ3v) is 3.57. The van der Waals surface area contributed by atoms with Crippen LogP contribution < -0.4 is 11.1 Å². The Bertz CT molecular complexity index is 320. The van der Waals surface area contributed by atoms with Crippen molar-refractivity contribution in [2.75, 3.05) is 13.1 Å². The Balaban J connectivity index is 2.17. The van der Waals surface area contributed by atoms with Crippen LogP contribution in [-0.2, 0) is 9.59 Å². The lowest BCUT2D eigenvalue weighted by molar-refractivity contribution is -0.145. The van der Waals surface area contributed by atoms with Gasteiger partial charge in [-0.25, -0.2) is 0 Å². The summed E-state index contributed by atoms with van der Waals surface area (Å²) in [6.45, 7) is 0.584. The monoisotopic (exact) mass is 227 g/mol. The summed E-state index contributed by atoms with van der Waals surface area (Å²) >= 11 is 0. The van der Waals surface area contributed by atoms with Crippen molar-refractivity contribution in [1.82, 2.24) is 10.2 Å². The molecule has 0 aromatic carbocycles. The summed E-state index contributed by atoms with van der Waals surface area (Å²) in [6, 6.07) is 0. The summed E-state index contributed by atoms with van der Waals surface area (Å²) in [5.41, 5.74) is 4.52. The van der Waals surface area contributed by atoms with E-state index in [9.17, 15) is 14.7 Å². The fourth-order valence-electron chi connectivity index (χ4n) is 2.68. The SMILES string of the molecule is NCC(=O)N1CCC[C@@]2(C(=O)O)CCC1N2. The molecule has 90 valence electrons. The van der Waals surface area contributed by atoms with Gasteiger partial charge >= 0.3 is 5.97 Å². The van der Waals surface area contributed by atoms with Crippen LogP contribution in [0.5, 0.6) is 0 Å². The van der Waals surface area contributed by atoms with Crippen molar-refractivity contribution >= 4 is 11.9 Å². The Hall–Kier alpha value is -1.14. The number of carboxylic acids is 1. The van der Waals surface area contributed by atoms with Gasteiger partial charge in [-0.05, 0) is 25.7 Å². The number of carbonyl (C=O) groups excluding carboxylic acids is 1. The van der Waals surface area contributed by atoms with Gasteiger partial charge in [0.15, 0.2) is 0 Å². The molecular weight excluding hydrogens is 210 g/mol. The summed E-state index contributed by atoms with van der Waals surface area (Å²) in [5.74, 6) is -0.919. The minimum atomic E-state index is -0.825. The molecule has 16 heavy (non-hydrogen) atoms. The maximum absolute atomic E-state index is 11.6. The second-order valence-corrected chi connectivity index (χ2v) is 4.48. The van der Waals surface area contributed by atoms with E-state index in [-0.39, 0.29) is 18.6 Å². The molecule has 1 unspecified atom stereocenters. The van der Waals surface area contributed by atoms with Crippen LogP contribution in [0, 0.1) is 0 Å². The zero-order valence-corrected chi connectivity index (χ0v) is 9.11. The molecular formula is C10H17N3O3. The zero-order valence-electron chi connectivity index (χ0n) is 9.11. The molecule has 0 saturated carbocycles. The van der Waals surface area contributed by atoms with E-state index in [4.69, 9.17) is 5.73 Å². The van der Waals surface area contributed by atoms with Crippen molar-refractivity contribution < 1.29 is 14.7 Å². The number of hydrogen-bond donors (Lipinski definition) is 3. The highest BCUT2D eigenvalue weighted by Gasteiger charge is 2.48. The highest BCUT2D eigenvalue weighted by Crippen LogP contribution is 2.33. The highest BCUT2D eigenvalue weighted by molar-refractivity contribution is 5.81. The van der Waals surface area contributed by atoms with E-state index in [1.54, 1.807) is 4.90 Å². The minimum absolute atomic E-state index is 0.0156. The quantitative estimate of drug-likeness (QED) is 0.568. The van der Waals surface area contributed by atoms with Crippen LogP contribution in [0.25, 0.3) is 0 Å². The molecule has 2 aliphatic heterocycles. The Morgan fingerprint density at radius 3 is 2.88 bits per heavy atom. The molecule has 2 heterocycles. The third kappa shape index (κ3) is 1.68. The van der Waals surface area contributed by atoms with Crippen LogP contribution in [0.4, 0.5) is 0 Å². The Kier molecular flexibility index (Phi) is 2.86. The molecule has 2 fully saturated rings. The lowest BCUT2D eigenvalue weighted by atomic mass is 9.91. The van der Waals surface area contributed by atoms with Crippen molar-refractivity contribution in [1.29, 1.82) is 0 Å². The van der Waals surface area contributed by atoms with Crippen molar-refractivity contribution in [2.24, 2.45) is 5.73 Å². The topological polar surface area (TPSA) is 95.7 Å². The van der Waals surface area contributed by atoms with E-state index in [0.717, 1.165) is 0 Å². The molecule has 0 spiro atoms. The van der Waals surface area contributed by atoms with Gasteiger partial charge in [0.05, 0.1) is 12.7 Å². The first-order chi connectivity index (χ1) is 7.59. The van der Waals surface area contributed by atoms with Gasteiger partial charge in [0, 0.05) is 6.54 Å². The van der Waals surface area contributed by atoms with E-state index in [1.807, 2.05) is 0 Å². The predicted molar refractivity (Wildman–Crippen MR) is 56.5 cm³/mol. The number of rotatable bonds is 2. The molecule has 2 saturated heterocycles. The number of nitrogens with one attached hydrogen (secondary N) is 1. The lowest BCUT2D eigenvalue weighted by Gasteiger charge is -2.27.